The van der Waals surface area contributed by atoms with Crippen LogP contribution in [-0.4, -0.2) is 26.3 Å². The predicted molar refractivity (Wildman–Crippen MR) is 98.7 cm³/mol. The monoisotopic (exact) mass is 327 g/mol. The molecule has 5 nitrogen and oxygen atoms in total. The van der Waals surface area contributed by atoms with Crippen LogP contribution in [0.15, 0.2) is 47.5 Å². The smallest absolute Gasteiger partial charge is 0.193 e. The molecule has 0 aliphatic heterocycles. The molecular formula is C19H25N3O2. The van der Waals surface area contributed by atoms with Crippen molar-refractivity contribution < 1.29 is 9.47 Å². The summed E-state index contributed by atoms with van der Waals surface area (Å²) < 4.78 is 10.6. The fourth-order valence-corrected chi connectivity index (χ4v) is 2.39. The van der Waals surface area contributed by atoms with Crippen molar-refractivity contribution in [2.45, 2.75) is 20.4 Å². The Labute approximate surface area is 143 Å². The van der Waals surface area contributed by atoms with Gasteiger partial charge in [-0.1, -0.05) is 18.2 Å². The molecule has 0 radical (unpaired) electrons. The summed E-state index contributed by atoms with van der Waals surface area (Å²) >= 11 is 0. The second-order valence-corrected chi connectivity index (χ2v) is 5.69. The van der Waals surface area contributed by atoms with E-state index in [1.54, 1.807) is 7.11 Å². The Hall–Kier alpha value is -2.53. The van der Waals surface area contributed by atoms with Gasteiger partial charge in [-0.15, -0.1) is 0 Å². The van der Waals surface area contributed by atoms with Crippen molar-refractivity contribution in [3.8, 4) is 5.75 Å². The first kappa shape index (κ1) is 17.8. The van der Waals surface area contributed by atoms with Crippen molar-refractivity contribution in [3.63, 3.8) is 0 Å². The molecule has 0 spiro atoms. The van der Waals surface area contributed by atoms with Crippen LogP contribution in [-0.2, 0) is 11.3 Å². The SMILES string of the molecule is COCCOc1cccc(CN=C(N)Nc2cc(C)cc(C)c2)c1. The average molecular weight is 327 g/mol. The maximum atomic E-state index is 5.98. The van der Waals surface area contributed by atoms with Crippen molar-refractivity contribution in [1.82, 2.24) is 0 Å². The van der Waals surface area contributed by atoms with Gasteiger partial charge < -0.3 is 20.5 Å². The normalized spacial score (nSPS) is 11.4. The standard InChI is InChI=1S/C19H25N3O2/c1-14-9-15(2)11-17(10-14)22-19(20)21-13-16-5-4-6-18(12-16)24-8-7-23-3/h4-6,9-12H,7-8,13H2,1-3H3,(H3,20,21,22). The lowest BCUT2D eigenvalue weighted by molar-refractivity contribution is 0.146. The minimum atomic E-state index is 0.394. The Morgan fingerprint density at radius 1 is 1.08 bits per heavy atom. The predicted octanol–water partition coefficient (Wildman–Crippen LogP) is 3.26. The molecule has 128 valence electrons. The number of nitrogens with two attached hydrogens (primary N) is 1. The first-order chi connectivity index (χ1) is 11.6. The number of aliphatic imine (C=N–C) groups is 1. The second-order valence-electron chi connectivity index (χ2n) is 5.69. The van der Waals surface area contributed by atoms with E-state index in [1.807, 2.05) is 36.4 Å². The first-order valence-corrected chi connectivity index (χ1v) is 7.93. The van der Waals surface area contributed by atoms with Crippen LogP contribution in [0.25, 0.3) is 0 Å². The topological polar surface area (TPSA) is 68.9 Å². The third kappa shape index (κ3) is 5.93. The summed E-state index contributed by atoms with van der Waals surface area (Å²) in [5.41, 5.74) is 10.3. The maximum absolute atomic E-state index is 5.98. The summed E-state index contributed by atoms with van der Waals surface area (Å²) in [6, 6.07) is 14.0. The molecule has 2 aromatic carbocycles. The number of hydrogen-bond donors (Lipinski definition) is 2. The van der Waals surface area contributed by atoms with Gasteiger partial charge >= 0.3 is 0 Å². The van der Waals surface area contributed by atoms with Crippen LogP contribution in [0.4, 0.5) is 5.69 Å². The molecule has 0 heterocycles. The van der Waals surface area contributed by atoms with E-state index in [0.29, 0.717) is 25.7 Å². The van der Waals surface area contributed by atoms with Gasteiger partial charge in [0.1, 0.15) is 12.4 Å². The van der Waals surface area contributed by atoms with E-state index >= 15 is 0 Å². The number of aryl methyl sites for hydroxylation is 2. The van der Waals surface area contributed by atoms with Crippen LogP contribution in [0.2, 0.25) is 0 Å². The van der Waals surface area contributed by atoms with E-state index in [-0.39, 0.29) is 0 Å². The molecule has 0 saturated carbocycles. The van der Waals surface area contributed by atoms with E-state index in [9.17, 15) is 0 Å². The Balaban J connectivity index is 1.95. The highest BCUT2D eigenvalue weighted by Gasteiger charge is 2.00. The van der Waals surface area contributed by atoms with E-state index in [2.05, 4.69) is 30.2 Å². The molecule has 2 aromatic rings. The van der Waals surface area contributed by atoms with Crippen LogP contribution in [0, 0.1) is 13.8 Å². The van der Waals surface area contributed by atoms with Gasteiger partial charge in [0.25, 0.3) is 0 Å². The molecule has 24 heavy (non-hydrogen) atoms. The lowest BCUT2D eigenvalue weighted by Gasteiger charge is -2.09. The Morgan fingerprint density at radius 2 is 1.83 bits per heavy atom. The number of methoxy groups -OCH3 is 1. The van der Waals surface area contributed by atoms with Gasteiger partial charge in [0.15, 0.2) is 5.96 Å². The quantitative estimate of drug-likeness (QED) is 0.465. The highest BCUT2D eigenvalue weighted by atomic mass is 16.5. The molecular weight excluding hydrogens is 302 g/mol. The zero-order valence-electron chi connectivity index (χ0n) is 14.5. The number of guanidine groups is 1. The summed E-state index contributed by atoms with van der Waals surface area (Å²) in [7, 11) is 1.65. The summed E-state index contributed by atoms with van der Waals surface area (Å²) in [6.07, 6.45) is 0. The fraction of sp³-hybridized carbons (Fsp3) is 0.316. The largest absolute Gasteiger partial charge is 0.491 e. The Kier molecular flexibility index (Phi) is 6.63. The number of ether oxygens (including phenoxy) is 2. The lowest BCUT2D eigenvalue weighted by Crippen LogP contribution is -2.22. The molecule has 0 atom stereocenters. The molecule has 0 aliphatic carbocycles. The molecule has 0 aliphatic rings. The molecule has 0 bridgehead atoms. The molecule has 0 aromatic heterocycles. The second kappa shape index (κ2) is 8.93. The maximum Gasteiger partial charge on any atom is 0.193 e. The van der Waals surface area contributed by atoms with Gasteiger partial charge in [0.05, 0.1) is 13.2 Å². The van der Waals surface area contributed by atoms with Crippen LogP contribution >= 0.6 is 0 Å². The highest BCUT2D eigenvalue weighted by molar-refractivity contribution is 5.92. The van der Waals surface area contributed by atoms with Crippen molar-refractivity contribution >= 4 is 11.6 Å². The summed E-state index contributed by atoms with van der Waals surface area (Å²) in [5.74, 6) is 1.20. The zero-order valence-corrected chi connectivity index (χ0v) is 14.5. The van der Waals surface area contributed by atoms with Crippen LogP contribution in [0.5, 0.6) is 5.75 Å². The van der Waals surface area contributed by atoms with Gasteiger partial charge in [0, 0.05) is 12.8 Å². The van der Waals surface area contributed by atoms with Gasteiger partial charge in [0.2, 0.25) is 0 Å². The van der Waals surface area contributed by atoms with E-state index in [0.717, 1.165) is 17.0 Å². The van der Waals surface area contributed by atoms with E-state index < -0.39 is 0 Å². The zero-order chi connectivity index (χ0) is 17.4. The number of rotatable bonds is 7. The van der Waals surface area contributed by atoms with Crippen molar-refractivity contribution in [3.05, 3.63) is 59.2 Å². The third-order valence-corrected chi connectivity index (χ3v) is 3.38. The van der Waals surface area contributed by atoms with Gasteiger partial charge in [-0.05, 0) is 54.8 Å². The summed E-state index contributed by atoms with van der Waals surface area (Å²) in [6.45, 7) is 5.70. The lowest BCUT2D eigenvalue weighted by atomic mass is 10.1. The molecule has 0 fully saturated rings. The number of hydrogen-bond acceptors (Lipinski definition) is 3. The minimum Gasteiger partial charge on any atom is -0.491 e. The number of nitrogens with zero attached hydrogens (tertiary/aromatic N) is 1. The highest BCUT2D eigenvalue weighted by Crippen LogP contribution is 2.15. The average Bonchev–Trinajstić information content (AvgIpc) is 2.53. The molecule has 0 saturated heterocycles. The third-order valence-electron chi connectivity index (χ3n) is 3.38. The summed E-state index contributed by atoms with van der Waals surface area (Å²) in [4.78, 5) is 4.39. The van der Waals surface area contributed by atoms with Gasteiger partial charge in [-0.3, -0.25) is 0 Å². The summed E-state index contributed by atoms with van der Waals surface area (Å²) in [5, 5.41) is 3.13. The van der Waals surface area contributed by atoms with E-state index in [1.165, 1.54) is 11.1 Å². The Morgan fingerprint density at radius 3 is 2.54 bits per heavy atom. The number of anilines is 1. The fourth-order valence-electron chi connectivity index (χ4n) is 2.39. The van der Waals surface area contributed by atoms with Crippen LogP contribution < -0.4 is 15.8 Å². The first-order valence-electron chi connectivity index (χ1n) is 7.93. The Bertz CT molecular complexity index is 679. The number of nitrogens with one attached hydrogen (secondary N) is 1. The van der Waals surface area contributed by atoms with Gasteiger partial charge in [-0.25, -0.2) is 4.99 Å². The van der Waals surface area contributed by atoms with Gasteiger partial charge in [-0.2, -0.15) is 0 Å². The van der Waals surface area contributed by atoms with Crippen molar-refractivity contribution in [2.75, 3.05) is 25.6 Å². The van der Waals surface area contributed by atoms with E-state index in [4.69, 9.17) is 15.2 Å². The molecule has 0 unspecified atom stereocenters. The molecule has 3 N–H and O–H groups in total. The molecule has 2 rings (SSSR count). The molecule has 5 heteroatoms. The molecule has 0 amide bonds. The minimum absolute atomic E-state index is 0.394. The van der Waals surface area contributed by atoms with Crippen LogP contribution in [0.1, 0.15) is 16.7 Å². The van der Waals surface area contributed by atoms with Crippen molar-refractivity contribution in [1.29, 1.82) is 0 Å². The number of benzene rings is 2. The van der Waals surface area contributed by atoms with Crippen molar-refractivity contribution in [2.24, 2.45) is 10.7 Å². The van der Waals surface area contributed by atoms with Crippen LogP contribution in [0.3, 0.4) is 0 Å².